The van der Waals surface area contributed by atoms with E-state index in [4.69, 9.17) is 10.8 Å². The summed E-state index contributed by atoms with van der Waals surface area (Å²) in [4.78, 5) is 0. The predicted octanol–water partition coefficient (Wildman–Crippen LogP) is 1.51. The number of aromatic hydroxyl groups is 2. The highest BCUT2D eigenvalue weighted by Crippen LogP contribution is 2.32. The lowest BCUT2D eigenvalue weighted by Crippen LogP contribution is -2.08. The number of benzene rings is 1. The van der Waals surface area contributed by atoms with E-state index in [1.54, 1.807) is 12.1 Å². The second kappa shape index (κ2) is 3.45. The van der Waals surface area contributed by atoms with Gasteiger partial charge in [0.25, 0.3) is 0 Å². The van der Waals surface area contributed by atoms with Crippen LogP contribution < -0.4 is 5.73 Å². The van der Waals surface area contributed by atoms with Crippen molar-refractivity contribution in [1.29, 1.82) is 0 Å². The van der Waals surface area contributed by atoms with Crippen LogP contribution in [0.5, 0.6) is 11.5 Å². The first-order valence-electron chi connectivity index (χ1n) is 3.93. The quantitative estimate of drug-likeness (QED) is 0.585. The fraction of sp³-hybridized carbons (Fsp3) is 0.333. The molecule has 0 spiro atoms. The minimum absolute atomic E-state index is 0.105. The SMILES string of the molecule is CC[C@H](N)c1cccc(O)c1O. The molecule has 1 aromatic carbocycles. The molecule has 0 amide bonds. The minimum atomic E-state index is -0.211. The van der Waals surface area contributed by atoms with Gasteiger partial charge < -0.3 is 15.9 Å². The van der Waals surface area contributed by atoms with Gasteiger partial charge in [0.05, 0.1) is 0 Å². The van der Waals surface area contributed by atoms with Crippen LogP contribution in [-0.2, 0) is 0 Å². The highest BCUT2D eigenvalue weighted by molar-refractivity contribution is 5.45. The highest BCUT2D eigenvalue weighted by atomic mass is 16.3. The van der Waals surface area contributed by atoms with Gasteiger partial charge in [-0.15, -0.1) is 0 Å². The summed E-state index contributed by atoms with van der Waals surface area (Å²) in [5.41, 5.74) is 6.29. The molecule has 0 aromatic heterocycles. The van der Waals surface area contributed by atoms with Gasteiger partial charge in [0, 0.05) is 11.6 Å². The lowest BCUT2D eigenvalue weighted by Gasteiger charge is -2.11. The molecule has 0 aliphatic carbocycles. The Morgan fingerprint density at radius 1 is 1.42 bits per heavy atom. The number of hydrogen-bond donors (Lipinski definition) is 3. The Labute approximate surface area is 71.5 Å². The number of para-hydroxylation sites is 1. The maximum absolute atomic E-state index is 9.37. The first kappa shape index (κ1) is 8.87. The number of rotatable bonds is 2. The fourth-order valence-electron chi connectivity index (χ4n) is 1.07. The molecule has 4 N–H and O–H groups in total. The molecule has 0 bridgehead atoms. The summed E-state index contributed by atoms with van der Waals surface area (Å²) in [5, 5.41) is 18.5. The van der Waals surface area contributed by atoms with E-state index in [1.165, 1.54) is 6.07 Å². The van der Waals surface area contributed by atoms with Crippen LogP contribution in [0.4, 0.5) is 0 Å². The molecule has 0 aliphatic heterocycles. The standard InChI is InChI=1S/C9H13NO2/c1-2-7(10)6-4-3-5-8(11)9(6)12/h3-5,7,11-12H,2,10H2,1H3/t7-/m0/s1. The highest BCUT2D eigenvalue weighted by Gasteiger charge is 2.10. The van der Waals surface area contributed by atoms with E-state index in [1.807, 2.05) is 6.92 Å². The average molecular weight is 167 g/mol. The maximum Gasteiger partial charge on any atom is 0.162 e. The van der Waals surface area contributed by atoms with Gasteiger partial charge >= 0.3 is 0 Å². The van der Waals surface area contributed by atoms with Crippen molar-refractivity contribution in [2.45, 2.75) is 19.4 Å². The fourth-order valence-corrected chi connectivity index (χ4v) is 1.07. The third kappa shape index (κ3) is 1.51. The van der Waals surface area contributed by atoms with Crippen molar-refractivity contribution in [2.24, 2.45) is 5.73 Å². The van der Waals surface area contributed by atoms with E-state index in [0.717, 1.165) is 6.42 Å². The maximum atomic E-state index is 9.37. The molecule has 0 aliphatic rings. The predicted molar refractivity (Wildman–Crippen MR) is 47.0 cm³/mol. The minimum Gasteiger partial charge on any atom is -0.504 e. The molecule has 12 heavy (non-hydrogen) atoms. The van der Waals surface area contributed by atoms with E-state index in [2.05, 4.69) is 0 Å². The molecular formula is C9H13NO2. The third-order valence-corrected chi connectivity index (χ3v) is 1.89. The van der Waals surface area contributed by atoms with Crippen molar-refractivity contribution in [2.75, 3.05) is 0 Å². The van der Waals surface area contributed by atoms with E-state index in [0.29, 0.717) is 5.56 Å². The molecule has 66 valence electrons. The third-order valence-electron chi connectivity index (χ3n) is 1.89. The Kier molecular flexibility index (Phi) is 2.55. The van der Waals surface area contributed by atoms with Crippen molar-refractivity contribution in [3.63, 3.8) is 0 Å². The van der Waals surface area contributed by atoms with Gasteiger partial charge in [0.2, 0.25) is 0 Å². The second-order valence-corrected chi connectivity index (χ2v) is 2.73. The van der Waals surface area contributed by atoms with Crippen LogP contribution in [0.25, 0.3) is 0 Å². The zero-order valence-corrected chi connectivity index (χ0v) is 6.99. The normalized spacial score (nSPS) is 12.8. The Balaban J connectivity index is 3.07. The summed E-state index contributed by atoms with van der Waals surface area (Å²) in [6, 6.07) is 4.60. The lowest BCUT2D eigenvalue weighted by atomic mass is 10.0. The summed E-state index contributed by atoms with van der Waals surface area (Å²) in [5.74, 6) is -0.219. The van der Waals surface area contributed by atoms with Crippen LogP contribution in [-0.4, -0.2) is 10.2 Å². The molecule has 0 radical (unpaired) electrons. The first-order valence-corrected chi connectivity index (χ1v) is 3.93. The average Bonchev–Trinajstić information content (AvgIpc) is 2.08. The Morgan fingerprint density at radius 2 is 2.08 bits per heavy atom. The molecule has 1 rings (SSSR count). The monoisotopic (exact) mass is 167 g/mol. The first-order chi connectivity index (χ1) is 5.66. The van der Waals surface area contributed by atoms with Crippen LogP contribution in [0, 0.1) is 0 Å². The number of phenols is 2. The molecule has 3 nitrogen and oxygen atoms in total. The van der Waals surface area contributed by atoms with Crippen LogP contribution >= 0.6 is 0 Å². The second-order valence-electron chi connectivity index (χ2n) is 2.73. The summed E-state index contributed by atoms with van der Waals surface area (Å²) in [6.45, 7) is 1.92. The Morgan fingerprint density at radius 3 is 2.67 bits per heavy atom. The summed E-state index contributed by atoms with van der Waals surface area (Å²) in [6.07, 6.45) is 0.733. The lowest BCUT2D eigenvalue weighted by molar-refractivity contribution is 0.395. The van der Waals surface area contributed by atoms with Crippen LogP contribution in [0.2, 0.25) is 0 Å². The molecule has 3 heteroatoms. The number of nitrogens with two attached hydrogens (primary N) is 1. The molecular weight excluding hydrogens is 154 g/mol. The molecule has 0 heterocycles. The van der Waals surface area contributed by atoms with Gasteiger partial charge in [-0.2, -0.15) is 0 Å². The van der Waals surface area contributed by atoms with Crippen molar-refractivity contribution >= 4 is 0 Å². The van der Waals surface area contributed by atoms with Gasteiger partial charge in [-0.05, 0) is 12.5 Å². The Bertz CT molecular complexity index is 273. The largest absolute Gasteiger partial charge is 0.504 e. The van der Waals surface area contributed by atoms with Gasteiger partial charge in [0.1, 0.15) is 0 Å². The molecule has 0 saturated heterocycles. The van der Waals surface area contributed by atoms with Gasteiger partial charge in [-0.25, -0.2) is 0 Å². The zero-order chi connectivity index (χ0) is 9.14. The van der Waals surface area contributed by atoms with Crippen molar-refractivity contribution in [3.8, 4) is 11.5 Å². The number of phenolic OH excluding ortho intramolecular Hbond substituents is 2. The van der Waals surface area contributed by atoms with Crippen LogP contribution in [0.1, 0.15) is 24.9 Å². The van der Waals surface area contributed by atoms with Gasteiger partial charge in [-0.3, -0.25) is 0 Å². The number of hydrogen-bond acceptors (Lipinski definition) is 3. The van der Waals surface area contributed by atoms with Gasteiger partial charge in [-0.1, -0.05) is 19.1 Å². The van der Waals surface area contributed by atoms with Crippen molar-refractivity contribution < 1.29 is 10.2 Å². The molecule has 0 unspecified atom stereocenters. The van der Waals surface area contributed by atoms with Crippen LogP contribution in [0.15, 0.2) is 18.2 Å². The van der Waals surface area contributed by atoms with E-state index in [9.17, 15) is 5.11 Å². The van der Waals surface area contributed by atoms with Crippen LogP contribution in [0.3, 0.4) is 0 Å². The molecule has 1 atom stereocenters. The summed E-state index contributed by atoms with van der Waals surface area (Å²) >= 11 is 0. The van der Waals surface area contributed by atoms with Crippen molar-refractivity contribution in [1.82, 2.24) is 0 Å². The van der Waals surface area contributed by atoms with E-state index < -0.39 is 0 Å². The topological polar surface area (TPSA) is 66.5 Å². The van der Waals surface area contributed by atoms with E-state index in [-0.39, 0.29) is 17.5 Å². The molecule has 0 saturated carbocycles. The molecule has 1 aromatic rings. The summed E-state index contributed by atoms with van der Waals surface area (Å²) < 4.78 is 0. The van der Waals surface area contributed by atoms with Crippen molar-refractivity contribution in [3.05, 3.63) is 23.8 Å². The van der Waals surface area contributed by atoms with Gasteiger partial charge in [0.15, 0.2) is 11.5 Å². The zero-order valence-electron chi connectivity index (χ0n) is 6.99. The summed E-state index contributed by atoms with van der Waals surface area (Å²) in [7, 11) is 0. The molecule has 0 fully saturated rings. The van der Waals surface area contributed by atoms with E-state index >= 15 is 0 Å². The smallest absolute Gasteiger partial charge is 0.162 e. The Hall–Kier alpha value is -1.22.